The number of nitrogens with zero attached hydrogens (tertiary/aromatic N) is 2. The van der Waals surface area contributed by atoms with Gasteiger partial charge >= 0.3 is 0 Å². The molecule has 1 aromatic carbocycles. The van der Waals surface area contributed by atoms with Crippen molar-refractivity contribution < 1.29 is 9.63 Å². The minimum atomic E-state index is -0.105. The predicted molar refractivity (Wildman–Crippen MR) is 84.5 cm³/mol. The summed E-state index contributed by atoms with van der Waals surface area (Å²) < 4.78 is 0. The number of oxime groups is 1. The van der Waals surface area contributed by atoms with Crippen molar-refractivity contribution in [3.63, 3.8) is 0 Å². The highest BCUT2D eigenvalue weighted by Gasteiger charge is 2.25. The van der Waals surface area contributed by atoms with Gasteiger partial charge in [0, 0.05) is 24.4 Å². The number of hydrogen-bond donors (Lipinski definition) is 0. The number of hydrogen-bond acceptors (Lipinski definition) is 3. The second kappa shape index (κ2) is 7.27. The van der Waals surface area contributed by atoms with Gasteiger partial charge in [-0.15, -0.1) is 6.58 Å². The molecule has 0 radical (unpaired) electrons. The molecule has 112 valence electrons. The Kier molecular flexibility index (Phi) is 5.39. The first kappa shape index (κ1) is 15.6. The lowest BCUT2D eigenvalue weighted by molar-refractivity contribution is -0.132. The van der Waals surface area contributed by atoms with Crippen LogP contribution >= 0.6 is 11.6 Å². The van der Waals surface area contributed by atoms with E-state index in [0.717, 1.165) is 11.3 Å². The highest BCUT2D eigenvalue weighted by atomic mass is 35.5. The molecule has 1 heterocycles. The normalized spacial score (nSPS) is 17.0. The average Bonchev–Trinajstić information content (AvgIpc) is 2.95. The van der Waals surface area contributed by atoms with Gasteiger partial charge in [0.25, 0.3) is 0 Å². The van der Waals surface area contributed by atoms with E-state index in [-0.39, 0.29) is 12.0 Å². The first-order valence-electron chi connectivity index (χ1n) is 7.01. The van der Waals surface area contributed by atoms with Crippen LogP contribution in [-0.4, -0.2) is 35.7 Å². The van der Waals surface area contributed by atoms with Crippen LogP contribution in [0.25, 0.3) is 0 Å². The fraction of sp³-hybridized carbons (Fsp3) is 0.375. The van der Waals surface area contributed by atoms with Crippen LogP contribution in [-0.2, 0) is 9.63 Å². The third-order valence-corrected chi connectivity index (χ3v) is 3.59. The monoisotopic (exact) mass is 306 g/mol. The first-order chi connectivity index (χ1) is 10.1. The van der Waals surface area contributed by atoms with Gasteiger partial charge in [-0.1, -0.05) is 41.9 Å². The van der Waals surface area contributed by atoms with Crippen LogP contribution in [0, 0.1) is 0 Å². The lowest BCUT2D eigenvalue weighted by atomic mass is 10.0. The molecule has 2 rings (SSSR count). The molecule has 5 heteroatoms. The van der Waals surface area contributed by atoms with E-state index < -0.39 is 0 Å². The van der Waals surface area contributed by atoms with Gasteiger partial charge in [-0.2, -0.15) is 0 Å². The van der Waals surface area contributed by atoms with Crippen molar-refractivity contribution in [1.29, 1.82) is 0 Å². The van der Waals surface area contributed by atoms with Gasteiger partial charge in [-0.25, -0.2) is 0 Å². The summed E-state index contributed by atoms with van der Waals surface area (Å²) in [6.45, 7) is 6.60. The van der Waals surface area contributed by atoms with Crippen molar-refractivity contribution in [3.05, 3.63) is 47.5 Å². The second-order valence-electron chi connectivity index (χ2n) is 4.92. The lowest BCUT2D eigenvalue weighted by Crippen LogP contribution is -2.37. The summed E-state index contributed by atoms with van der Waals surface area (Å²) in [4.78, 5) is 19.0. The SMILES string of the molecule is C=CCN(CC1CC(c2ccc(Cl)cc2)=NO1)C(=O)CC. The molecular weight excluding hydrogens is 288 g/mol. The summed E-state index contributed by atoms with van der Waals surface area (Å²) in [5.41, 5.74) is 1.89. The van der Waals surface area contributed by atoms with Crippen molar-refractivity contribution >= 4 is 23.2 Å². The highest BCUT2D eigenvalue weighted by Crippen LogP contribution is 2.19. The van der Waals surface area contributed by atoms with Crippen LogP contribution < -0.4 is 0 Å². The molecular formula is C16H19ClN2O2. The largest absolute Gasteiger partial charge is 0.390 e. The highest BCUT2D eigenvalue weighted by molar-refractivity contribution is 6.30. The first-order valence-corrected chi connectivity index (χ1v) is 7.39. The van der Waals surface area contributed by atoms with Crippen LogP contribution in [0.4, 0.5) is 0 Å². The number of halogens is 1. The third kappa shape index (κ3) is 4.08. The quantitative estimate of drug-likeness (QED) is 0.757. The molecule has 1 amide bonds. The number of carbonyl (C=O) groups is 1. The number of benzene rings is 1. The molecule has 0 N–H and O–H groups in total. The minimum Gasteiger partial charge on any atom is -0.390 e. The van der Waals surface area contributed by atoms with Gasteiger partial charge in [0.1, 0.15) is 0 Å². The van der Waals surface area contributed by atoms with Crippen molar-refractivity contribution in [1.82, 2.24) is 4.90 Å². The Morgan fingerprint density at radius 2 is 2.24 bits per heavy atom. The molecule has 0 fully saturated rings. The minimum absolute atomic E-state index is 0.0958. The average molecular weight is 307 g/mol. The maximum atomic E-state index is 11.8. The Hall–Kier alpha value is -1.81. The van der Waals surface area contributed by atoms with Crippen molar-refractivity contribution in [2.45, 2.75) is 25.9 Å². The molecule has 0 aliphatic carbocycles. The molecule has 4 nitrogen and oxygen atoms in total. The number of amides is 1. The van der Waals surface area contributed by atoms with E-state index in [1.165, 1.54) is 0 Å². The summed E-state index contributed by atoms with van der Waals surface area (Å²) in [5, 5.41) is 4.82. The molecule has 0 saturated heterocycles. The van der Waals surface area contributed by atoms with Crippen LogP contribution in [0.1, 0.15) is 25.3 Å². The Labute approximate surface area is 130 Å². The van der Waals surface area contributed by atoms with E-state index >= 15 is 0 Å². The molecule has 1 aliphatic rings. The number of rotatable bonds is 6. The van der Waals surface area contributed by atoms with Gasteiger partial charge in [0.15, 0.2) is 6.10 Å². The zero-order valence-corrected chi connectivity index (χ0v) is 12.8. The number of carbonyl (C=O) groups excluding carboxylic acids is 1. The van der Waals surface area contributed by atoms with E-state index in [1.54, 1.807) is 11.0 Å². The third-order valence-electron chi connectivity index (χ3n) is 3.34. The maximum Gasteiger partial charge on any atom is 0.222 e. The van der Waals surface area contributed by atoms with Crippen LogP contribution in [0.15, 0.2) is 42.1 Å². The summed E-state index contributed by atoms with van der Waals surface area (Å²) in [5.74, 6) is 0.0958. The van der Waals surface area contributed by atoms with Gasteiger partial charge in [-0.05, 0) is 17.7 Å². The van der Waals surface area contributed by atoms with Crippen LogP contribution in [0.3, 0.4) is 0 Å². The Bertz CT molecular complexity index is 540. The summed E-state index contributed by atoms with van der Waals surface area (Å²) >= 11 is 5.88. The molecule has 1 unspecified atom stereocenters. The van der Waals surface area contributed by atoms with Crippen molar-refractivity contribution in [2.75, 3.05) is 13.1 Å². The van der Waals surface area contributed by atoms with E-state index in [2.05, 4.69) is 11.7 Å². The van der Waals surface area contributed by atoms with E-state index in [0.29, 0.717) is 31.0 Å². The van der Waals surface area contributed by atoms with Crippen molar-refractivity contribution in [2.24, 2.45) is 5.16 Å². The van der Waals surface area contributed by atoms with Gasteiger partial charge in [0.2, 0.25) is 5.91 Å². The topological polar surface area (TPSA) is 41.9 Å². The standard InChI is InChI=1S/C16H19ClN2O2/c1-3-9-19(16(20)4-2)11-14-10-15(18-21-14)12-5-7-13(17)8-6-12/h3,5-8,14H,1,4,9-11H2,2H3. The Balaban J connectivity index is 1.95. The molecule has 1 aliphatic heterocycles. The van der Waals surface area contributed by atoms with E-state index in [4.69, 9.17) is 16.4 Å². The fourth-order valence-corrected chi connectivity index (χ4v) is 2.37. The van der Waals surface area contributed by atoms with E-state index in [9.17, 15) is 4.79 Å². The lowest BCUT2D eigenvalue weighted by Gasteiger charge is -2.22. The molecule has 1 aromatic rings. The molecule has 0 aromatic heterocycles. The Morgan fingerprint density at radius 3 is 2.86 bits per heavy atom. The molecule has 21 heavy (non-hydrogen) atoms. The van der Waals surface area contributed by atoms with Gasteiger partial charge in [-0.3, -0.25) is 4.79 Å². The second-order valence-corrected chi connectivity index (χ2v) is 5.35. The maximum absolute atomic E-state index is 11.8. The zero-order valence-electron chi connectivity index (χ0n) is 12.1. The molecule has 1 atom stereocenters. The molecule has 0 bridgehead atoms. The van der Waals surface area contributed by atoms with Crippen LogP contribution in [0.2, 0.25) is 5.02 Å². The molecule has 0 spiro atoms. The zero-order chi connectivity index (χ0) is 15.2. The van der Waals surface area contributed by atoms with E-state index in [1.807, 2.05) is 31.2 Å². The molecule has 0 saturated carbocycles. The summed E-state index contributed by atoms with van der Waals surface area (Å²) in [6, 6.07) is 7.51. The van der Waals surface area contributed by atoms with Crippen molar-refractivity contribution in [3.8, 4) is 0 Å². The van der Waals surface area contributed by atoms with Gasteiger partial charge < -0.3 is 9.74 Å². The fourth-order valence-electron chi connectivity index (χ4n) is 2.24. The summed E-state index contributed by atoms with van der Waals surface area (Å²) in [7, 11) is 0. The van der Waals surface area contributed by atoms with Gasteiger partial charge in [0.05, 0.1) is 12.3 Å². The van der Waals surface area contributed by atoms with Crippen LogP contribution in [0.5, 0.6) is 0 Å². The summed E-state index contributed by atoms with van der Waals surface area (Å²) in [6.07, 6.45) is 2.78. The predicted octanol–water partition coefficient (Wildman–Crippen LogP) is 3.26. The Morgan fingerprint density at radius 1 is 1.52 bits per heavy atom. The smallest absolute Gasteiger partial charge is 0.222 e.